The molecule has 2 rings (SSSR count). The predicted molar refractivity (Wildman–Crippen MR) is 85.2 cm³/mol. The molecule has 2 N–H and O–H groups in total. The van der Waals surface area contributed by atoms with Crippen LogP contribution < -0.4 is 4.72 Å². The monoisotopic (exact) mass is 321 g/mol. The molecule has 0 bridgehead atoms. The van der Waals surface area contributed by atoms with Gasteiger partial charge in [-0.05, 0) is 29.3 Å². The minimum Gasteiger partial charge on any atom is -0.480 e. The highest BCUT2D eigenvalue weighted by molar-refractivity contribution is 7.89. The van der Waals surface area contributed by atoms with Gasteiger partial charge < -0.3 is 5.11 Å². The number of rotatable bonds is 7. The van der Waals surface area contributed by atoms with Crippen LogP contribution in [0.2, 0.25) is 0 Å². The van der Waals surface area contributed by atoms with Crippen LogP contribution in [0, 0.1) is 0 Å². The number of hydrogen-bond donors (Lipinski definition) is 2. The largest absolute Gasteiger partial charge is 0.480 e. The van der Waals surface area contributed by atoms with Crippen LogP contribution in [0.15, 0.2) is 47.4 Å². The zero-order valence-electron chi connectivity index (χ0n) is 12.3. The van der Waals surface area contributed by atoms with E-state index in [4.69, 9.17) is 5.11 Å². The fraction of sp³-hybridized carbons (Fsp3) is 0.312. The molecule has 0 aliphatic rings. The molecule has 0 fully saturated rings. The topological polar surface area (TPSA) is 83.5 Å². The molecule has 0 heterocycles. The molecule has 0 saturated heterocycles. The molecule has 0 aliphatic carbocycles. The van der Waals surface area contributed by atoms with E-state index < -0.39 is 22.0 Å². The van der Waals surface area contributed by atoms with Crippen molar-refractivity contribution >= 4 is 26.8 Å². The lowest BCUT2D eigenvalue weighted by molar-refractivity contribution is -0.139. The van der Waals surface area contributed by atoms with Crippen molar-refractivity contribution in [1.82, 2.24) is 4.72 Å². The van der Waals surface area contributed by atoms with Gasteiger partial charge in [-0.25, -0.2) is 8.42 Å². The molecule has 1 atom stereocenters. The SMILES string of the molecule is CCCC[C@H](NS(=O)(=O)c1ccc2ccccc2c1)C(=O)O. The van der Waals surface area contributed by atoms with Gasteiger partial charge in [-0.15, -0.1) is 0 Å². The molecule has 0 saturated carbocycles. The Kier molecular flexibility index (Phi) is 5.15. The number of nitrogens with one attached hydrogen (secondary N) is 1. The zero-order valence-corrected chi connectivity index (χ0v) is 13.1. The van der Waals surface area contributed by atoms with Crippen molar-refractivity contribution in [2.24, 2.45) is 0 Å². The van der Waals surface area contributed by atoms with E-state index in [1.165, 1.54) is 6.07 Å². The van der Waals surface area contributed by atoms with Gasteiger partial charge in [-0.3, -0.25) is 4.79 Å². The predicted octanol–water partition coefficient (Wildman–Crippen LogP) is 2.76. The maximum atomic E-state index is 12.4. The van der Waals surface area contributed by atoms with E-state index in [0.29, 0.717) is 6.42 Å². The fourth-order valence-electron chi connectivity index (χ4n) is 2.23. The van der Waals surface area contributed by atoms with Crippen LogP contribution in [-0.2, 0) is 14.8 Å². The Hall–Kier alpha value is -1.92. The maximum absolute atomic E-state index is 12.4. The van der Waals surface area contributed by atoms with E-state index >= 15 is 0 Å². The molecule has 0 aliphatic heterocycles. The molecule has 0 aromatic heterocycles. The minimum absolute atomic E-state index is 0.0777. The lowest BCUT2D eigenvalue weighted by atomic mass is 10.1. The van der Waals surface area contributed by atoms with Gasteiger partial charge in [-0.2, -0.15) is 4.72 Å². The Morgan fingerprint density at radius 1 is 1.18 bits per heavy atom. The van der Waals surface area contributed by atoms with Crippen molar-refractivity contribution in [3.8, 4) is 0 Å². The summed E-state index contributed by atoms with van der Waals surface area (Å²) in [4.78, 5) is 11.3. The van der Waals surface area contributed by atoms with Crippen molar-refractivity contribution < 1.29 is 18.3 Å². The molecular weight excluding hydrogens is 302 g/mol. The third-order valence-corrected chi connectivity index (χ3v) is 4.94. The lowest BCUT2D eigenvalue weighted by Gasteiger charge is -2.14. The lowest BCUT2D eigenvalue weighted by Crippen LogP contribution is -2.40. The summed E-state index contributed by atoms with van der Waals surface area (Å²) in [6.07, 6.45) is 1.73. The van der Waals surface area contributed by atoms with Gasteiger partial charge in [0.05, 0.1) is 4.90 Å². The van der Waals surface area contributed by atoms with Crippen LogP contribution in [0.1, 0.15) is 26.2 Å². The molecule has 0 unspecified atom stereocenters. The van der Waals surface area contributed by atoms with Crippen LogP contribution in [-0.4, -0.2) is 25.5 Å². The number of sulfonamides is 1. The second-order valence-corrected chi connectivity index (χ2v) is 6.88. The van der Waals surface area contributed by atoms with Crippen LogP contribution in [0.25, 0.3) is 10.8 Å². The van der Waals surface area contributed by atoms with E-state index in [-0.39, 0.29) is 11.3 Å². The number of hydrogen-bond acceptors (Lipinski definition) is 3. The summed E-state index contributed by atoms with van der Waals surface area (Å²) < 4.78 is 27.0. The highest BCUT2D eigenvalue weighted by atomic mass is 32.2. The number of fused-ring (bicyclic) bond motifs is 1. The van der Waals surface area contributed by atoms with Crippen molar-refractivity contribution in [2.45, 2.75) is 37.1 Å². The number of carboxylic acid groups (broad SMARTS) is 1. The van der Waals surface area contributed by atoms with Crippen LogP contribution >= 0.6 is 0 Å². The zero-order chi connectivity index (χ0) is 16.2. The smallest absolute Gasteiger partial charge is 0.321 e. The molecule has 22 heavy (non-hydrogen) atoms. The van der Waals surface area contributed by atoms with Crippen LogP contribution in [0.3, 0.4) is 0 Å². The highest BCUT2D eigenvalue weighted by Crippen LogP contribution is 2.19. The van der Waals surface area contributed by atoms with Gasteiger partial charge in [-0.1, -0.05) is 50.1 Å². The standard InChI is InChI=1S/C16H19NO4S/c1-2-3-8-15(16(18)19)17-22(20,21)14-10-9-12-6-4-5-7-13(12)11-14/h4-7,9-11,15,17H,2-3,8H2,1H3,(H,18,19)/t15-/m0/s1. The molecule has 0 amide bonds. The van der Waals surface area contributed by atoms with Gasteiger partial charge in [0.1, 0.15) is 6.04 Å². The van der Waals surface area contributed by atoms with Crippen molar-refractivity contribution in [2.75, 3.05) is 0 Å². The third kappa shape index (κ3) is 3.84. The van der Waals surface area contributed by atoms with E-state index in [0.717, 1.165) is 17.2 Å². The Bertz CT molecular complexity index is 771. The summed E-state index contributed by atoms with van der Waals surface area (Å²) in [5.41, 5.74) is 0. The second kappa shape index (κ2) is 6.89. The molecule has 0 spiro atoms. The summed E-state index contributed by atoms with van der Waals surface area (Å²) in [5.74, 6) is -1.15. The molecule has 2 aromatic carbocycles. The molecule has 2 aromatic rings. The number of carboxylic acids is 1. The van der Waals surface area contributed by atoms with Gasteiger partial charge in [0.2, 0.25) is 10.0 Å². The summed E-state index contributed by atoms with van der Waals surface area (Å²) in [6, 6.07) is 11.1. The minimum atomic E-state index is -3.86. The first kappa shape index (κ1) is 16.5. The first-order valence-electron chi connectivity index (χ1n) is 7.18. The van der Waals surface area contributed by atoms with Gasteiger partial charge >= 0.3 is 5.97 Å². The fourth-order valence-corrected chi connectivity index (χ4v) is 3.49. The first-order valence-corrected chi connectivity index (χ1v) is 8.66. The Balaban J connectivity index is 2.28. The third-order valence-electron chi connectivity index (χ3n) is 3.47. The Morgan fingerprint density at radius 3 is 2.50 bits per heavy atom. The summed E-state index contributed by atoms with van der Waals surface area (Å²) in [6.45, 7) is 1.93. The molecular formula is C16H19NO4S. The number of carbonyl (C=O) groups is 1. The normalized spacial score (nSPS) is 13.1. The number of benzene rings is 2. The van der Waals surface area contributed by atoms with E-state index in [2.05, 4.69) is 4.72 Å². The molecule has 0 radical (unpaired) electrons. The number of aliphatic carboxylic acids is 1. The second-order valence-electron chi connectivity index (χ2n) is 5.16. The molecule has 6 heteroatoms. The summed E-state index contributed by atoms with van der Waals surface area (Å²) in [7, 11) is -3.86. The van der Waals surface area contributed by atoms with Gasteiger partial charge in [0, 0.05) is 0 Å². The van der Waals surface area contributed by atoms with Gasteiger partial charge in [0.25, 0.3) is 0 Å². The number of unbranched alkanes of at least 4 members (excludes halogenated alkanes) is 1. The maximum Gasteiger partial charge on any atom is 0.321 e. The molecule has 5 nitrogen and oxygen atoms in total. The highest BCUT2D eigenvalue weighted by Gasteiger charge is 2.24. The van der Waals surface area contributed by atoms with Crippen molar-refractivity contribution in [3.63, 3.8) is 0 Å². The van der Waals surface area contributed by atoms with Crippen molar-refractivity contribution in [1.29, 1.82) is 0 Å². The van der Waals surface area contributed by atoms with Crippen molar-refractivity contribution in [3.05, 3.63) is 42.5 Å². The quantitative estimate of drug-likeness (QED) is 0.821. The Labute approximate surface area is 130 Å². The van der Waals surface area contributed by atoms with E-state index in [1.54, 1.807) is 12.1 Å². The average Bonchev–Trinajstić information content (AvgIpc) is 2.50. The van der Waals surface area contributed by atoms with E-state index in [1.807, 2.05) is 31.2 Å². The summed E-state index contributed by atoms with van der Waals surface area (Å²) in [5, 5.41) is 10.9. The summed E-state index contributed by atoms with van der Waals surface area (Å²) >= 11 is 0. The van der Waals surface area contributed by atoms with Crippen LogP contribution in [0.4, 0.5) is 0 Å². The van der Waals surface area contributed by atoms with E-state index in [9.17, 15) is 13.2 Å². The average molecular weight is 321 g/mol. The van der Waals surface area contributed by atoms with Crippen LogP contribution in [0.5, 0.6) is 0 Å². The molecule has 118 valence electrons. The Morgan fingerprint density at radius 2 is 1.86 bits per heavy atom. The first-order chi connectivity index (χ1) is 10.4. The van der Waals surface area contributed by atoms with Gasteiger partial charge in [0.15, 0.2) is 0 Å².